The van der Waals surface area contributed by atoms with Gasteiger partial charge >= 0.3 is 0 Å². The molecule has 0 fully saturated rings. The zero-order valence-electron chi connectivity index (χ0n) is 9.98. The van der Waals surface area contributed by atoms with Crippen molar-refractivity contribution < 1.29 is 8.63 Å². The number of hydrogen-bond acceptors (Lipinski definition) is 3. The molecule has 5 heteroatoms. The van der Waals surface area contributed by atoms with Crippen LogP contribution in [0.2, 0.25) is 0 Å². The molecule has 2 rings (SSSR count). The standard InChI is InChI=1S/C13H14BrNO2S/c1-15-8-11-4-5-12(17-11)9-18(16)13-6-2-10(14)3-7-13/h2-7,15H,8-9H2,1H3. The van der Waals surface area contributed by atoms with E-state index in [1.165, 1.54) is 0 Å². The van der Waals surface area contributed by atoms with Crippen molar-refractivity contribution in [3.05, 3.63) is 52.4 Å². The molecule has 0 saturated carbocycles. The van der Waals surface area contributed by atoms with Crippen LogP contribution < -0.4 is 5.32 Å². The molecule has 0 aliphatic heterocycles. The Labute approximate surface area is 117 Å². The molecule has 0 aliphatic rings. The summed E-state index contributed by atoms with van der Waals surface area (Å²) in [6.45, 7) is 0.685. The normalized spacial score (nSPS) is 12.6. The Balaban J connectivity index is 2.04. The van der Waals surface area contributed by atoms with Gasteiger partial charge in [-0.15, -0.1) is 0 Å². The third-order valence-electron chi connectivity index (χ3n) is 2.42. The van der Waals surface area contributed by atoms with Gasteiger partial charge < -0.3 is 9.73 Å². The maximum absolute atomic E-state index is 12.1. The summed E-state index contributed by atoms with van der Waals surface area (Å²) in [4.78, 5) is 0.810. The zero-order valence-corrected chi connectivity index (χ0v) is 12.4. The van der Waals surface area contributed by atoms with Crippen molar-refractivity contribution in [1.82, 2.24) is 5.32 Å². The molecule has 96 valence electrons. The SMILES string of the molecule is CNCc1ccc(CS(=O)c2ccc(Br)cc2)o1. The quantitative estimate of drug-likeness (QED) is 0.917. The number of benzene rings is 1. The van der Waals surface area contributed by atoms with Crippen LogP contribution in [0.1, 0.15) is 11.5 Å². The lowest BCUT2D eigenvalue weighted by Crippen LogP contribution is -2.03. The van der Waals surface area contributed by atoms with Gasteiger partial charge in [0.05, 0.1) is 23.1 Å². The van der Waals surface area contributed by atoms with Crippen LogP contribution in [-0.2, 0) is 23.1 Å². The molecule has 0 amide bonds. The number of nitrogens with one attached hydrogen (secondary N) is 1. The summed E-state index contributed by atoms with van der Waals surface area (Å²) in [6, 6.07) is 11.3. The van der Waals surface area contributed by atoms with Crippen LogP contribution in [0.3, 0.4) is 0 Å². The molecule has 3 nitrogen and oxygen atoms in total. The van der Waals surface area contributed by atoms with Crippen LogP contribution in [0, 0.1) is 0 Å². The number of furan rings is 1. The van der Waals surface area contributed by atoms with E-state index in [-0.39, 0.29) is 0 Å². The summed E-state index contributed by atoms with van der Waals surface area (Å²) in [5, 5.41) is 3.01. The topological polar surface area (TPSA) is 42.2 Å². The molecular formula is C13H14BrNO2S. The summed E-state index contributed by atoms with van der Waals surface area (Å²) < 4.78 is 18.7. The Bertz CT molecular complexity index is 536. The van der Waals surface area contributed by atoms with Gasteiger partial charge in [-0.3, -0.25) is 4.21 Å². The van der Waals surface area contributed by atoms with Crippen LogP contribution in [0.25, 0.3) is 0 Å². The highest BCUT2D eigenvalue weighted by molar-refractivity contribution is 9.10. The van der Waals surface area contributed by atoms with E-state index in [0.29, 0.717) is 12.3 Å². The maximum Gasteiger partial charge on any atom is 0.117 e. The molecular weight excluding hydrogens is 314 g/mol. The van der Waals surface area contributed by atoms with Crippen molar-refractivity contribution in [1.29, 1.82) is 0 Å². The molecule has 0 saturated heterocycles. The van der Waals surface area contributed by atoms with Gasteiger partial charge in [0.2, 0.25) is 0 Å². The van der Waals surface area contributed by atoms with E-state index in [2.05, 4.69) is 21.2 Å². The maximum atomic E-state index is 12.1. The van der Waals surface area contributed by atoms with E-state index in [9.17, 15) is 4.21 Å². The van der Waals surface area contributed by atoms with Crippen molar-refractivity contribution in [3.8, 4) is 0 Å². The van der Waals surface area contributed by atoms with E-state index >= 15 is 0 Å². The summed E-state index contributed by atoms with van der Waals surface area (Å²) in [7, 11) is 0.795. The monoisotopic (exact) mass is 327 g/mol. The van der Waals surface area contributed by atoms with E-state index in [4.69, 9.17) is 4.42 Å². The van der Waals surface area contributed by atoms with Crippen LogP contribution in [-0.4, -0.2) is 11.3 Å². The molecule has 1 heterocycles. The fraction of sp³-hybridized carbons (Fsp3) is 0.231. The molecule has 1 aromatic carbocycles. The van der Waals surface area contributed by atoms with E-state index < -0.39 is 10.8 Å². The third kappa shape index (κ3) is 3.54. The summed E-state index contributed by atoms with van der Waals surface area (Å²) in [6.07, 6.45) is 0. The Morgan fingerprint density at radius 3 is 2.50 bits per heavy atom. The lowest BCUT2D eigenvalue weighted by Gasteiger charge is -2.00. The summed E-state index contributed by atoms with van der Waals surface area (Å²) >= 11 is 3.36. The van der Waals surface area contributed by atoms with Gasteiger partial charge in [-0.1, -0.05) is 15.9 Å². The van der Waals surface area contributed by atoms with Gasteiger partial charge in [-0.25, -0.2) is 0 Å². The first kappa shape index (κ1) is 13.5. The first-order chi connectivity index (χ1) is 8.69. The zero-order chi connectivity index (χ0) is 13.0. The predicted molar refractivity (Wildman–Crippen MR) is 75.7 cm³/mol. The minimum Gasteiger partial charge on any atom is -0.464 e. The predicted octanol–water partition coefficient (Wildman–Crippen LogP) is 3.07. The molecule has 1 aromatic heterocycles. The van der Waals surface area contributed by atoms with Crippen molar-refractivity contribution in [2.75, 3.05) is 7.05 Å². The largest absolute Gasteiger partial charge is 0.464 e. The second-order valence-corrected chi connectivity index (χ2v) is 6.21. The van der Waals surface area contributed by atoms with Gasteiger partial charge in [0, 0.05) is 9.37 Å². The Hall–Kier alpha value is -0.910. The smallest absolute Gasteiger partial charge is 0.117 e. The average molecular weight is 328 g/mol. The van der Waals surface area contributed by atoms with Crippen molar-refractivity contribution in [2.45, 2.75) is 17.2 Å². The number of rotatable bonds is 5. The molecule has 0 radical (unpaired) electrons. The minimum atomic E-state index is -1.07. The Kier molecular flexibility index (Phi) is 4.74. The highest BCUT2D eigenvalue weighted by Crippen LogP contribution is 2.17. The van der Waals surface area contributed by atoms with Gasteiger partial charge in [0.25, 0.3) is 0 Å². The van der Waals surface area contributed by atoms with Crippen molar-refractivity contribution in [2.24, 2.45) is 0 Å². The Morgan fingerprint density at radius 2 is 1.83 bits per heavy atom. The lowest BCUT2D eigenvalue weighted by molar-refractivity contribution is 0.467. The van der Waals surface area contributed by atoms with E-state index in [1.54, 1.807) is 0 Å². The average Bonchev–Trinajstić information content (AvgIpc) is 2.78. The fourth-order valence-electron chi connectivity index (χ4n) is 1.57. The van der Waals surface area contributed by atoms with E-state index in [0.717, 1.165) is 20.9 Å². The molecule has 1 atom stereocenters. The van der Waals surface area contributed by atoms with Gasteiger partial charge in [-0.2, -0.15) is 0 Å². The second kappa shape index (κ2) is 6.31. The summed E-state index contributed by atoms with van der Waals surface area (Å²) in [5.74, 6) is 2.02. The van der Waals surface area contributed by atoms with Gasteiger partial charge in [0.1, 0.15) is 11.5 Å². The van der Waals surface area contributed by atoms with Crippen molar-refractivity contribution >= 4 is 26.7 Å². The lowest BCUT2D eigenvalue weighted by atomic mass is 10.4. The first-order valence-corrected chi connectivity index (χ1v) is 7.66. The Morgan fingerprint density at radius 1 is 1.17 bits per heavy atom. The molecule has 0 spiro atoms. The van der Waals surface area contributed by atoms with Crippen LogP contribution in [0.4, 0.5) is 0 Å². The van der Waals surface area contributed by atoms with Crippen LogP contribution in [0.15, 0.2) is 50.2 Å². The molecule has 2 aromatic rings. The van der Waals surface area contributed by atoms with Crippen LogP contribution >= 0.6 is 15.9 Å². The number of hydrogen-bond donors (Lipinski definition) is 1. The van der Waals surface area contributed by atoms with Crippen molar-refractivity contribution in [3.63, 3.8) is 0 Å². The van der Waals surface area contributed by atoms with Gasteiger partial charge in [-0.05, 0) is 43.4 Å². The van der Waals surface area contributed by atoms with Gasteiger partial charge in [0.15, 0.2) is 0 Å². The molecule has 18 heavy (non-hydrogen) atoms. The second-order valence-electron chi connectivity index (χ2n) is 3.84. The molecule has 1 unspecified atom stereocenters. The van der Waals surface area contributed by atoms with E-state index in [1.807, 2.05) is 43.4 Å². The minimum absolute atomic E-state index is 0.408. The molecule has 1 N–H and O–H groups in total. The molecule has 0 bridgehead atoms. The first-order valence-electron chi connectivity index (χ1n) is 5.55. The van der Waals surface area contributed by atoms with Crippen LogP contribution in [0.5, 0.6) is 0 Å². The third-order valence-corrected chi connectivity index (χ3v) is 4.29. The highest BCUT2D eigenvalue weighted by Gasteiger charge is 2.08. The number of halogens is 1. The molecule has 0 aliphatic carbocycles. The summed E-state index contributed by atoms with van der Waals surface area (Å²) in [5.41, 5.74) is 0. The highest BCUT2D eigenvalue weighted by atomic mass is 79.9. The fourth-order valence-corrected chi connectivity index (χ4v) is 2.85.